The normalized spacial score (nSPS) is 20.0. The number of amides is 1. The van der Waals surface area contributed by atoms with Gasteiger partial charge in [-0.05, 0) is 25.7 Å². The van der Waals surface area contributed by atoms with E-state index in [1.54, 1.807) is 0 Å². The van der Waals surface area contributed by atoms with Crippen molar-refractivity contribution in [2.45, 2.75) is 39.7 Å². The summed E-state index contributed by atoms with van der Waals surface area (Å²) in [7, 11) is 0. The van der Waals surface area contributed by atoms with Gasteiger partial charge in [-0.25, -0.2) is 0 Å². The van der Waals surface area contributed by atoms with E-state index < -0.39 is 0 Å². The number of carbonyl (C=O) groups is 1. The Kier molecular flexibility index (Phi) is 2.53. The SMILES string of the molecule is CC(C)[C@H](C)NC(=O)C1CC1. The predicted molar refractivity (Wildman–Crippen MR) is 45.2 cm³/mol. The first-order chi connectivity index (χ1) is 5.11. The summed E-state index contributed by atoms with van der Waals surface area (Å²) in [4.78, 5) is 11.2. The van der Waals surface area contributed by atoms with Crippen LogP contribution in [0.1, 0.15) is 33.6 Å². The third kappa shape index (κ3) is 2.52. The third-order valence-corrected chi connectivity index (χ3v) is 2.32. The van der Waals surface area contributed by atoms with Gasteiger partial charge in [0.05, 0.1) is 0 Å². The molecule has 2 nitrogen and oxygen atoms in total. The maximum absolute atomic E-state index is 11.2. The number of hydrogen-bond donors (Lipinski definition) is 1. The molecular weight excluding hydrogens is 138 g/mol. The van der Waals surface area contributed by atoms with E-state index in [1.807, 2.05) is 0 Å². The number of nitrogens with one attached hydrogen (secondary N) is 1. The summed E-state index contributed by atoms with van der Waals surface area (Å²) >= 11 is 0. The van der Waals surface area contributed by atoms with Crippen LogP contribution < -0.4 is 5.32 Å². The van der Waals surface area contributed by atoms with E-state index in [-0.39, 0.29) is 5.91 Å². The number of rotatable bonds is 3. The molecule has 1 N–H and O–H groups in total. The quantitative estimate of drug-likeness (QED) is 0.658. The maximum Gasteiger partial charge on any atom is 0.223 e. The van der Waals surface area contributed by atoms with Crippen molar-refractivity contribution in [3.8, 4) is 0 Å². The zero-order chi connectivity index (χ0) is 8.43. The zero-order valence-electron chi connectivity index (χ0n) is 7.55. The highest BCUT2D eigenvalue weighted by atomic mass is 16.2. The minimum absolute atomic E-state index is 0.256. The second-order valence-corrected chi connectivity index (χ2v) is 3.82. The van der Waals surface area contributed by atoms with Crippen molar-refractivity contribution in [2.75, 3.05) is 0 Å². The average Bonchev–Trinajstić information content (AvgIpc) is 2.67. The molecule has 0 unspecified atom stereocenters. The molecule has 1 atom stereocenters. The van der Waals surface area contributed by atoms with Crippen LogP contribution in [0.4, 0.5) is 0 Å². The molecule has 1 amide bonds. The van der Waals surface area contributed by atoms with Crippen molar-refractivity contribution in [1.82, 2.24) is 5.32 Å². The Bertz CT molecular complexity index is 150. The molecule has 1 fully saturated rings. The van der Waals surface area contributed by atoms with Crippen LogP contribution in [-0.4, -0.2) is 11.9 Å². The molecule has 0 saturated heterocycles. The molecule has 0 heterocycles. The van der Waals surface area contributed by atoms with E-state index in [9.17, 15) is 4.79 Å². The van der Waals surface area contributed by atoms with Crippen molar-refractivity contribution >= 4 is 5.91 Å². The molecule has 1 saturated carbocycles. The fourth-order valence-electron chi connectivity index (χ4n) is 0.854. The molecule has 0 aromatic heterocycles. The first kappa shape index (κ1) is 8.57. The summed E-state index contributed by atoms with van der Waals surface area (Å²) in [6.45, 7) is 6.31. The lowest BCUT2D eigenvalue weighted by Crippen LogP contribution is -2.36. The molecule has 1 rings (SSSR count). The molecule has 0 aromatic rings. The van der Waals surface area contributed by atoms with Gasteiger partial charge < -0.3 is 5.32 Å². The van der Waals surface area contributed by atoms with Crippen LogP contribution in [0.25, 0.3) is 0 Å². The van der Waals surface area contributed by atoms with Gasteiger partial charge in [0.15, 0.2) is 0 Å². The summed E-state index contributed by atoms with van der Waals surface area (Å²) in [5.74, 6) is 1.14. The van der Waals surface area contributed by atoms with E-state index in [2.05, 4.69) is 26.1 Å². The van der Waals surface area contributed by atoms with E-state index in [4.69, 9.17) is 0 Å². The lowest BCUT2D eigenvalue weighted by Gasteiger charge is -2.16. The Morgan fingerprint density at radius 2 is 1.91 bits per heavy atom. The summed E-state index contributed by atoms with van der Waals surface area (Å²) in [6.07, 6.45) is 2.19. The summed E-state index contributed by atoms with van der Waals surface area (Å²) in [6, 6.07) is 0.322. The summed E-state index contributed by atoms with van der Waals surface area (Å²) in [5, 5.41) is 3.00. The summed E-state index contributed by atoms with van der Waals surface area (Å²) < 4.78 is 0. The minimum atomic E-state index is 0.256. The topological polar surface area (TPSA) is 29.1 Å². The molecule has 1 aliphatic carbocycles. The molecule has 0 aromatic carbocycles. The fraction of sp³-hybridized carbons (Fsp3) is 0.889. The van der Waals surface area contributed by atoms with Gasteiger partial charge in [0, 0.05) is 12.0 Å². The van der Waals surface area contributed by atoms with Crippen molar-refractivity contribution < 1.29 is 4.79 Å². The molecule has 2 heteroatoms. The molecule has 1 aliphatic rings. The highest BCUT2D eigenvalue weighted by Gasteiger charge is 2.30. The maximum atomic E-state index is 11.2. The third-order valence-electron chi connectivity index (χ3n) is 2.32. The summed E-state index contributed by atoms with van der Waals surface area (Å²) in [5.41, 5.74) is 0. The predicted octanol–water partition coefficient (Wildman–Crippen LogP) is 1.56. The standard InChI is InChI=1S/C9H17NO/c1-6(2)7(3)10-9(11)8-4-5-8/h6-8H,4-5H2,1-3H3,(H,10,11)/t7-/m0/s1. The van der Waals surface area contributed by atoms with Gasteiger partial charge in [-0.2, -0.15) is 0 Å². The number of hydrogen-bond acceptors (Lipinski definition) is 1. The van der Waals surface area contributed by atoms with Crippen molar-refractivity contribution in [3.63, 3.8) is 0 Å². The van der Waals surface area contributed by atoms with Crippen LogP contribution in [0.2, 0.25) is 0 Å². The highest BCUT2D eigenvalue weighted by Crippen LogP contribution is 2.29. The van der Waals surface area contributed by atoms with E-state index in [1.165, 1.54) is 0 Å². The van der Waals surface area contributed by atoms with Crippen molar-refractivity contribution in [2.24, 2.45) is 11.8 Å². The van der Waals surface area contributed by atoms with Gasteiger partial charge in [0.2, 0.25) is 5.91 Å². The molecular formula is C9H17NO. The van der Waals surface area contributed by atoms with Crippen molar-refractivity contribution in [1.29, 1.82) is 0 Å². The average molecular weight is 155 g/mol. The zero-order valence-corrected chi connectivity index (χ0v) is 7.55. The molecule has 64 valence electrons. The second-order valence-electron chi connectivity index (χ2n) is 3.82. The van der Waals surface area contributed by atoms with E-state index >= 15 is 0 Å². The van der Waals surface area contributed by atoms with Crippen LogP contribution in [0.15, 0.2) is 0 Å². The van der Waals surface area contributed by atoms with Gasteiger partial charge in [-0.3, -0.25) is 4.79 Å². The Morgan fingerprint density at radius 1 is 1.36 bits per heavy atom. The molecule has 0 bridgehead atoms. The van der Waals surface area contributed by atoms with Crippen LogP contribution >= 0.6 is 0 Å². The van der Waals surface area contributed by atoms with Gasteiger partial charge >= 0.3 is 0 Å². The molecule has 11 heavy (non-hydrogen) atoms. The lowest BCUT2D eigenvalue weighted by molar-refractivity contribution is -0.123. The second kappa shape index (κ2) is 3.24. The highest BCUT2D eigenvalue weighted by molar-refractivity contribution is 5.81. The smallest absolute Gasteiger partial charge is 0.223 e. The largest absolute Gasteiger partial charge is 0.353 e. The molecule has 0 spiro atoms. The van der Waals surface area contributed by atoms with Crippen LogP contribution in [-0.2, 0) is 4.79 Å². The van der Waals surface area contributed by atoms with Gasteiger partial charge in [-0.1, -0.05) is 13.8 Å². The van der Waals surface area contributed by atoms with Crippen LogP contribution in [0.5, 0.6) is 0 Å². The van der Waals surface area contributed by atoms with Crippen molar-refractivity contribution in [3.05, 3.63) is 0 Å². The minimum Gasteiger partial charge on any atom is -0.353 e. The molecule has 0 aliphatic heterocycles. The Morgan fingerprint density at radius 3 is 2.27 bits per heavy atom. The first-order valence-electron chi connectivity index (χ1n) is 4.41. The fourth-order valence-corrected chi connectivity index (χ4v) is 0.854. The first-order valence-corrected chi connectivity index (χ1v) is 4.41. The lowest BCUT2D eigenvalue weighted by atomic mass is 10.1. The van der Waals surface area contributed by atoms with E-state index in [0.29, 0.717) is 17.9 Å². The van der Waals surface area contributed by atoms with Gasteiger partial charge in [0.1, 0.15) is 0 Å². The Labute approximate surface area is 68.4 Å². The van der Waals surface area contributed by atoms with Gasteiger partial charge in [0.25, 0.3) is 0 Å². The van der Waals surface area contributed by atoms with Gasteiger partial charge in [-0.15, -0.1) is 0 Å². The van der Waals surface area contributed by atoms with Crippen LogP contribution in [0, 0.1) is 11.8 Å². The van der Waals surface area contributed by atoms with Crippen LogP contribution in [0.3, 0.4) is 0 Å². The van der Waals surface area contributed by atoms with E-state index in [0.717, 1.165) is 12.8 Å². The molecule has 0 radical (unpaired) electrons. The number of carbonyl (C=O) groups excluding carboxylic acids is 1. The monoisotopic (exact) mass is 155 g/mol. The Hall–Kier alpha value is -0.530. The Balaban J connectivity index is 2.23.